The second-order valence-electron chi connectivity index (χ2n) is 5.39. The van der Waals surface area contributed by atoms with Gasteiger partial charge in [-0.3, -0.25) is 0 Å². The lowest BCUT2D eigenvalue weighted by Crippen LogP contribution is -2.13. The Morgan fingerprint density at radius 3 is 1.85 bits per heavy atom. The van der Waals surface area contributed by atoms with Crippen LogP contribution in [0.5, 0.6) is 17.2 Å². The number of fused-ring (bicyclic) bond motifs is 1. The quantitative estimate of drug-likeness (QED) is 0.730. The first-order valence-corrected chi connectivity index (χ1v) is 7.96. The first kappa shape index (κ1) is 19.4. The summed E-state index contributed by atoms with van der Waals surface area (Å²) in [4.78, 5) is 25.2. The van der Waals surface area contributed by atoms with Crippen LogP contribution in [-0.2, 0) is 9.47 Å². The van der Waals surface area contributed by atoms with Crippen LogP contribution in [0.25, 0.3) is 10.8 Å². The summed E-state index contributed by atoms with van der Waals surface area (Å²) in [6.07, 6.45) is 0. The van der Waals surface area contributed by atoms with E-state index < -0.39 is 11.9 Å². The van der Waals surface area contributed by atoms with Crippen molar-refractivity contribution in [2.45, 2.75) is 13.8 Å². The zero-order chi connectivity index (χ0) is 19.4. The van der Waals surface area contributed by atoms with Gasteiger partial charge in [-0.2, -0.15) is 0 Å². The van der Waals surface area contributed by atoms with Crippen molar-refractivity contribution in [2.75, 3.05) is 35.0 Å². The predicted molar refractivity (Wildman–Crippen MR) is 95.6 cm³/mol. The number of methoxy groups -OCH3 is 4. The molecule has 0 unspecified atom stereocenters. The molecule has 0 heterocycles. The number of rotatable bonds is 6. The van der Waals surface area contributed by atoms with Gasteiger partial charge in [0.1, 0.15) is 28.4 Å². The highest BCUT2D eigenvalue weighted by molar-refractivity contribution is 6.18. The first-order chi connectivity index (χ1) is 12.4. The molecule has 2 aromatic carbocycles. The van der Waals surface area contributed by atoms with E-state index in [1.807, 2.05) is 6.92 Å². The fourth-order valence-electron chi connectivity index (χ4n) is 2.93. The van der Waals surface area contributed by atoms with E-state index in [2.05, 4.69) is 0 Å². The molecule has 0 fully saturated rings. The molecule has 2 aromatic rings. The van der Waals surface area contributed by atoms with Gasteiger partial charge >= 0.3 is 11.9 Å². The van der Waals surface area contributed by atoms with Crippen molar-refractivity contribution in [1.29, 1.82) is 0 Å². The lowest BCUT2D eigenvalue weighted by atomic mass is 9.93. The lowest BCUT2D eigenvalue weighted by Gasteiger charge is -2.19. The van der Waals surface area contributed by atoms with Crippen LogP contribution in [0.15, 0.2) is 12.1 Å². The standard InChI is InChI=1S/C19H22O7/c1-7-26-19(21)16-11(22-3)8-10(2)14-12(23-4)9-13(24-5)15(17(14)16)18(20)25-6/h8-9H,7H2,1-6H3. The molecule has 0 aliphatic rings. The second kappa shape index (κ2) is 7.95. The summed E-state index contributed by atoms with van der Waals surface area (Å²) < 4.78 is 26.3. The molecule has 0 aromatic heterocycles. The fourth-order valence-corrected chi connectivity index (χ4v) is 2.93. The van der Waals surface area contributed by atoms with Gasteiger partial charge in [0.15, 0.2) is 0 Å². The van der Waals surface area contributed by atoms with Gasteiger partial charge in [-0.15, -0.1) is 0 Å². The largest absolute Gasteiger partial charge is 0.496 e. The van der Waals surface area contributed by atoms with E-state index in [0.29, 0.717) is 16.5 Å². The summed E-state index contributed by atoms with van der Waals surface area (Å²) in [7, 11) is 5.62. The summed E-state index contributed by atoms with van der Waals surface area (Å²) >= 11 is 0. The maximum absolute atomic E-state index is 12.7. The highest BCUT2D eigenvalue weighted by Crippen LogP contribution is 2.43. The van der Waals surface area contributed by atoms with E-state index in [-0.39, 0.29) is 29.2 Å². The van der Waals surface area contributed by atoms with E-state index in [1.54, 1.807) is 19.1 Å². The Morgan fingerprint density at radius 2 is 1.35 bits per heavy atom. The van der Waals surface area contributed by atoms with Gasteiger partial charge in [-0.25, -0.2) is 9.59 Å². The van der Waals surface area contributed by atoms with Crippen LogP contribution in [0.3, 0.4) is 0 Å². The van der Waals surface area contributed by atoms with Crippen LogP contribution in [0.4, 0.5) is 0 Å². The average Bonchev–Trinajstić information content (AvgIpc) is 2.65. The number of carbonyl (C=O) groups is 2. The van der Waals surface area contributed by atoms with Crippen LogP contribution < -0.4 is 14.2 Å². The Morgan fingerprint density at radius 1 is 0.808 bits per heavy atom. The highest BCUT2D eigenvalue weighted by atomic mass is 16.5. The molecule has 0 atom stereocenters. The Hall–Kier alpha value is -2.96. The summed E-state index contributed by atoms with van der Waals surface area (Å²) in [5.41, 5.74) is 0.984. The molecule has 0 spiro atoms. The van der Waals surface area contributed by atoms with Crippen molar-refractivity contribution in [1.82, 2.24) is 0 Å². The SMILES string of the molecule is CCOC(=O)c1c(OC)cc(C)c2c(OC)cc(OC)c(C(=O)OC)c12. The van der Waals surface area contributed by atoms with Gasteiger partial charge < -0.3 is 23.7 Å². The Kier molecular flexibility index (Phi) is 5.92. The molecule has 2 rings (SSSR count). The molecule has 26 heavy (non-hydrogen) atoms. The molecule has 140 valence electrons. The van der Waals surface area contributed by atoms with E-state index in [1.165, 1.54) is 28.4 Å². The number of aryl methyl sites for hydroxylation is 1. The van der Waals surface area contributed by atoms with Crippen LogP contribution >= 0.6 is 0 Å². The van der Waals surface area contributed by atoms with E-state index >= 15 is 0 Å². The Labute approximate surface area is 151 Å². The molecule has 0 radical (unpaired) electrons. The van der Waals surface area contributed by atoms with Crippen LogP contribution in [0, 0.1) is 6.92 Å². The monoisotopic (exact) mass is 362 g/mol. The Bertz CT molecular complexity index is 855. The molecule has 0 aliphatic heterocycles. The number of hydrogen-bond acceptors (Lipinski definition) is 7. The number of ether oxygens (including phenoxy) is 5. The lowest BCUT2D eigenvalue weighted by molar-refractivity contribution is 0.0525. The van der Waals surface area contributed by atoms with Gasteiger partial charge in [-0.1, -0.05) is 0 Å². The molecule has 0 N–H and O–H groups in total. The highest BCUT2D eigenvalue weighted by Gasteiger charge is 2.29. The predicted octanol–water partition coefficient (Wildman–Crippen LogP) is 3.14. The number of carbonyl (C=O) groups excluding carboxylic acids is 2. The van der Waals surface area contributed by atoms with Crippen molar-refractivity contribution in [2.24, 2.45) is 0 Å². The van der Waals surface area contributed by atoms with Crippen LogP contribution in [0.1, 0.15) is 33.2 Å². The summed E-state index contributed by atoms with van der Waals surface area (Å²) in [5.74, 6) is -0.300. The van der Waals surface area contributed by atoms with Gasteiger partial charge in [0.25, 0.3) is 0 Å². The van der Waals surface area contributed by atoms with Crippen molar-refractivity contribution in [3.63, 3.8) is 0 Å². The number of esters is 2. The third-order valence-corrected chi connectivity index (χ3v) is 4.02. The van der Waals surface area contributed by atoms with Gasteiger partial charge in [-0.05, 0) is 25.5 Å². The van der Waals surface area contributed by atoms with Gasteiger partial charge in [0, 0.05) is 16.8 Å². The molecule has 7 nitrogen and oxygen atoms in total. The van der Waals surface area contributed by atoms with Crippen molar-refractivity contribution in [3.05, 3.63) is 28.8 Å². The van der Waals surface area contributed by atoms with Crippen molar-refractivity contribution >= 4 is 22.7 Å². The molecule has 0 saturated carbocycles. The Balaban J connectivity index is 3.14. The maximum Gasteiger partial charge on any atom is 0.342 e. The molecule has 0 saturated heterocycles. The molecule has 0 bridgehead atoms. The topological polar surface area (TPSA) is 80.3 Å². The summed E-state index contributed by atoms with van der Waals surface area (Å²) in [5, 5.41) is 0.890. The number of benzene rings is 2. The summed E-state index contributed by atoms with van der Waals surface area (Å²) in [6.45, 7) is 3.70. The van der Waals surface area contributed by atoms with Crippen LogP contribution in [-0.4, -0.2) is 47.0 Å². The number of hydrogen-bond donors (Lipinski definition) is 0. The first-order valence-electron chi connectivity index (χ1n) is 7.96. The molecular weight excluding hydrogens is 340 g/mol. The van der Waals surface area contributed by atoms with Gasteiger partial charge in [0.05, 0.1) is 35.0 Å². The second-order valence-corrected chi connectivity index (χ2v) is 5.39. The summed E-state index contributed by atoms with van der Waals surface area (Å²) in [6, 6.07) is 3.29. The minimum Gasteiger partial charge on any atom is -0.496 e. The smallest absolute Gasteiger partial charge is 0.342 e. The minimum atomic E-state index is -0.646. The van der Waals surface area contributed by atoms with E-state index in [0.717, 1.165) is 5.56 Å². The zero-order valence-corrected chi connectivity index (χ0v) is 15.7. The van der Waals surface area contributed by atoms with Crippen LogP contribution in [0.2, 0.25) is 0 Å². The molecular formula is C19H22O7. The maximum atomic E-state index is 12.7. The van der Waals surface area contributed by atoms with Crippen molar-refractivity contribution in [3.8, 4) is 17.2 Å². The molecule has 0 amide bonds. The average molecular weight is 362 g/mol. The minimum absolute atomic E-state index is 0.107. The molecule has 0 aliphatic carbocycles. The zero-order valence-electron chi connectivity index (χ0n) is 15.7. The van der Waals surface area contributed by atoms with Crippen molar-refractivity contribution < 1.29 is 33.3 Å². The fraction of sp³-hybridized carbons (Fsp3) is 0.368. The van der Waals surface area contributed by atoms with E-state index in [9.17, 15) is 9.59 Å². The molecule has 7 heteroatoms. The third kappa shape index (κ3) is 3.12. The normalized spacial score (nSPS) is 10.4. The van der Waals surface area contributed by atoms with E-state index in [4.69, 9.17) is 23.7 Å². The van der Waals surface area contributed by atoms with Gasteiger partial charge in [0.2, 0.25) is 0 Å². The third-order valence-electron chi connectivity index (χ3n) is 4.02.